The van der Waals surface area contributed by atoms with Crippen LogP contribution in [0.3, 0.4) is 0 Å². The number of anilines is 1. The molecular weight excluding hydrogens is 390 g/mol. The van der Waals surface area contributed by atoms with Gasteiger partial charge in [0, 0.05) is 30.4 Å². The Hall–Kier alpha value is -1.54. The van der Waals surface area contributed by atoms with Gasteiger partial charge in [-0.25, -0.2) is 0 Å². The molecule has 2 heterocycles. The van der Waals surface area contributed by atoms with Gasteiger partial charge >= 0.3 is 0 Å². The molecule has 2 amide bonds. The lowest BCUT2D eigenvalue weighted by Crippen LogP contribution is -2.39. The molecule has 0 aliphatic carbocycles. The van der Waals surface area contributed by atoms with Crippen LogP contribution in [0.5, 0.6) is 0 Å². The second kappa shape index (κ2) is 9.97. The molecule has 1 atom stereocenters. The summed E-state index contributed by atoms with van der Waals surface area (Å²) in [6.45, 7) is 1.26. The number of amides is 2. The van der Waals surface area contributed by atoms with E-state index < -0.39 is 0 Å². The van der Waals surface area contributed by atoms with E-state index in [1.165, 1.54) is 11.8 Å². The minimum Gasteiger partial charge on any atom is -0.334 e. The van der Waals surface area contributed by atoms with Crippen molar-refractivity contribution in [3.05, 3.63) is 47.3 Å². The topological polar surface area (TPSA) is 75.4 Å². The Labute approximate surface area is 167 Å². The average Bonchev–Trinajstić information content (AvgIpc) is 3.31. The number of hydrogen-bond acceptors (Lipinski definition) is 5. The van der Waals surface area contributed by atoms with E-state index in [1.54, 1.807) is 35.6 Å². The number of nitrogens with one attached hydrogen (secondary N) is 1. The highest BCUT2D eigenvalue weighted by Crippen LogP contribution is 2.24. The van der Waals surface area contributed by atoms with Gasteiger partial charge in [-0.3, -0.25) is 9.59 Å². The summed E-state index contributed by atoms with van der Waals surface area (Å²) in [5.41, 5.74) is 7.07. The zero-order valence-corrected chi connectivity index (χ0v) is 16.7. The number of carbonyl (C=O) groups is 2. The molecule has 1 aliphatic heterocycles. The standard InChI is InChI=1S/C18H21N3O2S2.ClH/c19-11-15-3-1-9-21(15)18(23)13-5-7-14(8-6-13)20-16(22)12-25-17-4-2-10-24-17;/h2,4-8,10,15H,1,3,9,11-12,19H2,(H,20,22);1H. The van der Waals surface area contributed by atoms with Gasteiger partial charge in [-0.2, -0.15) is 0 Å². The van der Waals surface area contributed by atoms with Gasteiger partial charge in [0.05, 0.1) is 9.96 Å². The molecule has 8 heteroatoms. The van der Waals surface area contributed by atoms with Crippen LogP contribution in [0, 0.1) is 0 Å². The molecule has 140 valence electrons. The molecule has 1 saturated heterocycles. The van der Waals surface area contributed by atoms with E-state index in [0.717, 1.165) is 23.6 Å². The maximum atomic E-state index is 12.6. The predicted molar refractivity (Wildman–Crippen MR) is 110 cm³/mol. The molecule has 26 heavy (non-hydrogen) atoms. The molecular formula is C18H22ClN3O2S2. The molecule has 0 saturated carbocycles. The van der Waals surface area contributed by atoms with Gasteiger partial charge in [0.1, 0.15) is 0 Å². The minimum atomic E-state index is -0.0554. The summed E-state index contributed by atoms with van der Waals surface area (Å²) in [6, 6.07) is 11.2. The van der Waals surface area contributed by atoms with E-state index in [2.05, 4.69) is 5.32 Å². The Morgan fingerprint density at radius 1 is 1.27 bits per heavy atom. The molecule has 1 aliphatic rings. The summed E-state index contributed by atoms with van der Waals surface area (Å²) < 4.78 is 1.12. The predicted octanol–water partition coefficient (Wildman–Crippen LogP) is 3.46. The zero-order valence-electron chi connectivity index (χ0n) is 14.2. The van der Waals surface area contributed by atoms with Crippen LogP contribution < -0.4 is 11.1 Å². The second-order valence-corrected chi connectivity index (χ2v) is 8.10. The van der Waals surface area contributed by atoms with Crippen molar-refractivity contribution in [1.29, 1.82) is 0 Å². The summed E-state index contributed by atoms with van der Waals surface area (Å²) >= 11 is 3.14. The fourth-order valence-electron chi connectivity index (χ4n) is 2.89. The Morgan fingerprint density at radius 2 is 2.04 bits per heavy atom. The van der Waals surface area contributed by atoms with Crippen LogP contribution in [0.15, 0.2) is 46.0 Å². The van der Waals surface area contributed by atoms with Crippen molar-refractivity contribution < 1.29 is 9.59 Å². The van der Waals surface area contributed by atoms with Crippen molar-refractivity contribution >= 4 is 53.0 Å². The van der Waals surface area contributed by atoms with Crippen molar-refractivity contribution in [2.45, 2.75) is 23.1 Å². The van der Waals surface area contributed by atoms with Crippen molar-refractivity contribution in [3.8, 4) is 0 Å². The van der Waals surface area contributed by atoms with Crippen LogP contribution in [0.25, 0.3) is 0 Å². The average molecular weight is 412 g/mol. The second-order valence-electron chi connectivity index (χ2n) is 5.88. The lowest BCUT2D eigenvalue weighted by Gasteiger charge is -2.23. The molecule has 1 fully saturated rings. The maximum Gasteiger partial charge on any atom is 0.254 e. The van der Waals surface area contributed by atoms with Crippen LogP contribution >= 0.6 is 35.5 Å². The van der Waals surface area contributed by atoms with Crippen molar-refractivity contribution in [1.82, 2.24) is 4.90 Å². The molecule has 0 spiro atoms. The van der Waals surface area contributed by atoms with Gasteiger partial charge in [-0.05, 0) is 48.6 Å². The lowest BCUT2D eigenvalue weighted by atomic mass is 10.1. The molecule has 3 N–H and O–H groups in total. The highest BCUT2D eigenvalue weighted by Gasteiger charge is 2.28. The fourth-order valence-corrected chi connectivity index (χ4v) is 4.47. The number of nitrogens with two attached hydrogens (primary N) is 1. The van der Waals surface area contributed by atoms with E-state index in [9.17, 15) is 9.59 Å². The summed E-state index contributed by atoms with van der Waals surface area (Å²) in [5.74, 6) is 0.326. The third kappa shape index (κ3) is 5.23. The van der Waals surface area contributed by atoms with E-state index in [-0.39, 0.29) is 30.3 Å². The third-order valence-corrected chi connectivity index (χ3v) is 6.30. The third-order valence-electron chi connectivity index (χ3n) is 4.17. The first-order valence-electron chi connectivity index (χ1n) is 8.24. The molecule has 1 unspecified atom stereocenters. The maximum absolute atomic E-state index is 12.6. The summed E-state index contributed by atoms with van der Waals surface area (Å²) in [7, 11) is 0. The highest BCUT2D eigenvalue weighted by molar-refractivity contribution is 8.01. The summed E-state index contributed by atoms with van der Waals surface area (Å²) in [6.07, 6.45) is 1.97. The first-order chi connectivity index (χ1) is 12.2. The number of rotatable bonds is 6. The quantitative estimate of drug-likeness (QED) is 0.713. The SMILES string of the molecule is Cl.NCC1CCCN1C(=O)c1ccc(NC(=O)CSc2cccs2)cc1. The number of thioether (sulfide) groups is 1. The van der Waals surface area contributed by atoms with Crippen molar-refractivity contribution in [3.63, 3.8) is 0 Å². The Balaban J connectivity index is 0.00000243. The van der Waals surface area contributed by atoms with E-state index in [0.29, 0.717) is 23.5 Å². The molecule has 1 aromatic heterocycles. The Morgan fingerprint density at radius 3 is 2.69 bits per heavy atom. The molecule has 0 radical (unpaired) electrons. The van der Waals surface area contributed by atoms with Gasteiger partial charge in [-0.1, -0.05) is 6.07 Å². The number of benzene rings is 1. The van der Waals surface area contributed by atoms with Crippen molar-refractivity contribution in [2.75, 3.05) is 24.2 Å². The van der Waals surface area contributed by atoms with Gasteiger partial charge in [-0.15, -0.1) is 35.5 Å². The van der Waals surface area contributed by atoms with E-state index in [1.807, 2.05) is 22.4 Å². The number of likely N-dealkylation sites (tertiary alicyclic amines) is 1. The Bertz CT molecular complexity index is 723. The number of hydrogen-bond donors (Lipinski definition) is 2. The van der Waals surface area contributed by atoms with Crippen LogP contribution in [0.1, 0.15) is 23.2 Å². The molecule has 5 nitrogen and oxygen atoms in total. The zero-order chi connectivity index (χ0) is 17.6. The van der Waals surface area contributed by atoms with E-state index in [4.69, 9.17) is 5.73 Å². The molecule has 0 bridgehead atoms. The number of thiophene rings is 1. The number of halogens is 1. The van der Waals surface area contributed by atoms with Gasteiger partial charge in [0.25, 0.3) is 5.91 Å². The summed E-state index contributed by atoms with van der Waals surface area (Å²) in [4.78, 5) is 26.4. The van der Waals surface area contributed by atoms with Crippen LogP contribution in [-0.4, -0.2) is 41.6 Å². The van der Waals surface area contributed by atoms with E-state index >= 15 is 0 Å². The first kappa shape index (κ1) is 20.8. The van der Waals surface area contributed by atoms with Gasteiger partial charge < -0.3 is 16.0 Å². The normalized spacial score (nSPS) is 16.2. The molecule has 1 aromatic carbocycles. The molecule has 2 aromatic rings. The largest absolute Gasteiger partial charge is 0.334 e. The smallest absolute Gasteiger partial charge is 0.254 e. The van der Waals surface area contributed by atoms with Crippen LogP contribution in [0.2, 0.25) is 0 Å². The number of nitrogens with zero attached hydrogens (tertiary/aromatic N) is 1. The first-order valence-corrected chi connectivity index (χ1v) is 10.1. The minimum absolute atomic E-state index is 0. The lowest BCUT2D eigenvalue weighted by molar-refractivity contribution is -0.113. The van der Waals surface area contributed by atoms with Gasteiger partial charge in [0.15, 0.2) is 0 Å². The highest BCUT2D eigenvalue weighted by atomic mass is 35.5. The summed E-state index contributed by atoms with van der Waals surface area (Å²) in [5, 5.41) is 4.85. The van der Waals surface area contributed by atoms with Crippen molar-refractivity contribution in [2.24, 2.45) is 5.73 Å². The van der Waals surface area contributed by atoms with Gasteiger partial charge in [0.2, 0.25) is 5.91 Å². The van der Waals surface area contributed by atoms with Crippen LogP contribution in [-0.2, 0) is 4.79 Å². The fraction of sp³-hybridized carbons (Fsp3) is 0.333. The monoisotopic (exact) mass is 411 g/mol. The molecule has 3 rings (SSSR count). The Kier molecular flexibility index (Phi) is 7.96. The number of carbonyl (C=O) groups excluding carboxylic acids is 2. The van der Waals surface area contributed by atoms with Crippen LogP contribution in [0.4, 0.5) is 5.69 Å².